The molecule has 1 aromatic carbocycles. The highest BCUT2D eigenvalue weighted by Crippen LogP contribution is 2.26. The fourth-order valence-electron chi connectivity index (χ4n) is 2.64. The molecule has 122 valence electrons. The summed E-state index contributed by atoms with van der Waals surface area (Å²) in [5.74, 6) is 0. The van der Waals surface area contributed by atoms with E-state index in [4.69, 9.17) is 0 Å². The molecule has 0 bridgehead atoms. The number of hydrogen-bond donors (Lipinski definition) is 1. The Morgan fingerprint density at radius 3 is 2.23 bits per heavy atom. The summed E-state index contributed by atoms with van der Waals surface area (Å²) in [6.45, 7) is 3.22. The lowest BCUT2D eigenvalue weighted by molar-refractivity contribution is 0.521. The predicted molar refractivity (Wildman–Crippen MR) is 86.1 cm³/mol. The van der Waals surface area contributed by atoms with Crippen molar-refractivity contribution in [3.8, 4) is 0 Å². The van der Waals surface area contributed by atoms with Crippen molar-refractivity contribution in [2.45, 2.75) is 48.9 Å². The largest absolute Gasteiger partial charge is 0.241 e. The van der Waals surface area contributed by atoms with Crippen molar-refractivity contribution in [2.75, 3.05) is 6.26 Å². The Morgan fingerprint density at radius 2 is 1.68 bits per heavy atom. The van der Waals surface area contributed by atoms with E-state index >= 15 is 0 Å². The monoisotopic (exact) mass is 343 g/mol. The summed E-state index contributed by atoms with van der Waals surface area (Å²) in [7, 11) is -7.22. The van der Waals surface area contributed by atoms with Crippen molar-refractivity contribution < 1.29 is 16.8 Å². The molecule has 0 aliphatic heterocycles. The molecule has 1 aliphatic rings. The second-order valence-corrected chi connectivity index (χ2v) is 9.43. The summed E-state index contributed by atoms with van der Waals surface area (Å²) in [6, 6.07) is 2.88. The topological polar surface area (TPSA) is 80.3 Å². The van der Waals surface area contributed by atoms with Gasteiger partial charge in [-0.05, 0) is 56.4 Å². The zero-order chi connectivity index (χ0) is 16.5. The van der Waals surface area contributed by atoms with Gasteiger partial charge in [-0.15, -0.1) is 0 Å². The Bertz CT molecular complexity index is 808. The molecular weight excluding hydrogens is 322 g/mol. The number of rotatable bonds is 4. The van der Waals surface area contributed by atoms with Crippen molar-refractivity contribution >= 4 is 19.9 Å². The molecule has 0 aromatic heterocycles. The molecule has 0 amide bonds. The third-order valence-corrected chi connectivity index (χ3v) is 6.61. The molecule has 22 heavy (non-hydrogen) atoms. The van der Waals surface area contributed by atoms with E-state index in [2.05, 4.69) is 4.72 Å². The number of allylic oxidation sites excluding steroid dienone is 1. The molecule has 1 atom stereocenters. The Balaban J connectivity index is 2.47. The third kappa shape index (κ3) is 3.77. The first-order valence-electron chi connectivity index (χ1n) is 7.10. The maximum atomic E-state index is 12.6. The van der Waals surface area contributed by atoms with E-state index in [9.17, 15) is 16.8 Å². The normalized spacial score (nSPS) is 19.3. The van der Waals surface area contributed by atoms with Gasteiger partial charge in [0.1, 0.15) is 0 Å². The molecule has 1 aromatic rings. The summed E-state index contributed by atoms with van der Waals surface area (Å²) >= 11 is 0. The zero-order valence-electron chi connectivity index (χ0n) is 13.0. The van der Waals surface area contributed by atoms with Crippen molar-refractivity contribution in [3.63, 3.8) is 0 Å². The van der Waals surface area contributed by atoms with Crippen molar-refractivity contribution in [2.24, 2.45) is 0 Å². The van der Waals surface area contributed by atoms with E-state index in [0.29, 0.717) is 12.0 Å². The summed E-state index contributed by atoms with van der Waals surface area (Å²) < 4.78 is 51.6. The van der Waals surface area contributed by atoms with Crippen molar-refractivity contribution in [1.82, 2.24) is 4.72 Å². The SMILES string of the molecule is Cc1cc(S(C)(=O)=O)c(C)c(S(=O)(=O)NC2CC=CCC2)c1. The summed E-state index contributed by atoms with van der Waals surface area (Å²) in [4.78, 5) is 0.110. The van der Waals surface area contributed by atoms with Gasteiger partial charge in [-0.1, -0.05) is 12.2 Å². The lowest BCUT2D eigenvalue weighted by atomic mass is 10.0. The molecular formula is C15H21NO4S2. The zero-order valence-corrected chi connectivity index (χ0v) is 14.6. The highest BCUT2D eigenvalue weighted by atomic mass is 32.2. The second kappa shape index (κ2) is 6.14. The minimum Gasteiger partial charge on any atom is -0.224 e. The Morgan fingerprint density at radius 1 is 1.05 bits per heavy atom. The summed E-state index contributed by atoms with van der Waals surface area (Å²) in [5.41, 5.74) is 0.877. The van der Waals surface area contributed by atoms with Crippen LogP contribution in [0.15, 0.2) is 34.1 Å². The van der Waals surface area contributed by atoms with E-state index in [1.807, 2.05) is 12.2 Å². The molecule has 0 fully saturated rings. The number of sulfonamides is 1. The molecule has 1 aliphatic carbocycles. The van der Waals surface area contributed by atoms with Crippen LogP contribution in [0.3, 0.4) is 0 Å². The van der Waals surface area contributed by atoms with Gasteiger partial charge >= 0.3 is 0 Å². The number of benzene rings is 1. The quantitative estimate of drug-likeness (QED) is 0.849. The standard InChI is InChI=1S/C15H21NO4S2/c1-11-9-14(21(3,17)18)12(2)15(10-11)22(19,20)16-13-7-5-4-6-8-13/h4-5,9-10,13,16H,6-8H2,1-3H3. The molecule has 1 N–H and O–H groups in total. The molecule has 0 radical (unpaired) electrons. The van der Waals surface area contributed by atoms with Crippen LogP contribution in [0.25, 0.3) is 0 Å². The second-order valence-electron chi connectivity index (χ2n) is 5.76. The first-order valence-corrected chi connectivity index (χ1v) is 10.5. The summed E-state index contributed by atoms with van der Waals surface area (Å²) in [5, 5.41) is 0. The lowest BCUT2D eigenvalue weighted by Crippen LogP contribution is -2.35. The van der Waals surface area contributed by atoms with Crippen LogP contribution >= 0.6 is 0 Å². The fraction of sp³-hybridized carbons (Fsp3) is 0.467. The number of sulfone groups is 1. The Hall–Kier alpha value is -1.18. The average molecular weight is 343 g/mol. The molecule has 0 heterocycles. The molecule has 2 rings (SSSR count). The van der Waals surface area contributed by atoms with Gasteiger partial charge < -0.3 is 0 Å². The van der Waals surface area contributed by atoms with Gasteiger partial charge in [0.05, 0.1) is 9.79 Å². The number of aryl methyl sites for hydroxylation is 1. The predicted octanol–water partition coefficient (Wildman–Crippen LogP) is 2.09. The van der Waals surface area contributed by atoms with Crippen LogP contribution in [0.2, 0.25) is 0 Å². The third-order valence-electron chi connectivity index (χ3n) is 3.74. The number of nitrogens with one attached hydrogen (secondary N) is 1. The van der Waals surface area contributed by atoms with Crippen LogP contribution in [0, 0.1) is 13.8 Å². The van der Waals surface area contributed by atoms with Gasteiger partial charge in [0.25, 0.3) is 0 Å². The maximum absolute atomic E-state index is 12.6. The average Bonchev–Trinajstić information content (AvgIpc) is 2.40. The van der Waals surface area contributed by atoms with Crippen LogP contribution in [-0.2, 0) is 19.9 Å². The highest BCUT2D eigenvalue weighted by molar-refractivity contribution is 7.91. The van der Waals surface area contributed by atoms with E-state index < -0.39 is 19.9 Å². The van der Waals surface area contributed by atoms with Gasteiger partial charge in [0.2, 0.25) is 10.0 Å². The number of hydrogen-bond acceptors (Lipinski definition) is 4. The highest BCUT2D eigenvalue weighted by Gasteiger charge is 2.25. The Labute approximate surface area is 132 Å². The Kier molecular flexibility index (Phi) is 4.79. The van der Waals surface area contributed by atoms with Gasteiger partial charge in [0, 0.05) is 12.3 Å². The minimum atomic E-state index is -3.74. The fourth-order valence-corrected chi connectivity index (χ4v) is 5.41. The molecule has 0 spiro atoms. The smallest absolute Gasteiger partial charge is 0.224 e. The van der Waals surface area contributed by atoms with Gasteiger partial charge in [-0.25, -0.2) is 21.6 Å². The molecule has 5 nitrogen and oxygen atoms in total. The van der Waals surface area contributed by atoms with Gasteiger partial charge in [0.15, 0.2) is 9.84 Å². The molecule has 0 saturated heterocycles. The van der Waals surface area contributed by atoms with Crippen LogP contribution in [0.4, 0.5) is 0 Å². The lowest BCUT2D eigenvalue weighted by Gasteiger charge is -2.21. The van der Waals surface area contributed by atoms with Gasteiger partial charge in [-0.3, -0.25) is 0 Å². The van der Waals surface area contributed by atoms with Crippen LogP contribution < -0.4 is 4.72 Å². The van der Waals surface area contributed by atoms with Crippen LogP contribution in [0.5, 0.6) is 0 Å². The van der Waals surface area contributed by atoms with Crippen LogP contribution in [0.1, 0.15) is 30.4 Å². The van der Waals surface area contributed by atoms with Gasteiger partial charge in [-0.2, -0.15) is 0 Å². The minimum absolute atomic E-state index is 0.0440. The molecule has 1 unspecified atom stereocenters. The maximum Gasteiger partial charge on any atom is 0.241 e. The van der Waals surface area contributed by atoms with E-state index in [0.717, 1.165) is 19.1 Å². The van der Waals surface area contributed by atoms with Crippen molar-refractivity contribution in [3.05, 3.63) is 35.4 Å². The molecule has 7 heteroatoms. The van der Waals surface area contributed by atoms with E-state index in [1.165, 1.54) is 19.1 Å². The first-order chi connectivity index (χ1) is 10.1. The molecule has 0 saturated carbocycles. The van der Waals surface area contributed by atoms with E-state index in [1.54, 1.807) is 6.92 Å². The van der Waals surface area contributed by atoms with E-state index in [-0.39, 0.29) is 21.4 Å². The van der Waals surface area contributed by atoms with Crippen molar-refractivity contribution in [1.29, 1.82) is 0 Å². The first kappa shape index (κ1) is 17.2. The van der Waals surface area contributed by atoms with Crippen LogP contribution in [-0.4, -0.2) is 29.1 Å². The summed E-state index contributed by atoms with van der Waals surface area (Å²) in [6.07, 6.45) is 7.33.